The van der Waals surface area contributed by atoms with E-state index in [4.69, 9.17) is 21.3 Å². The zero-order valence-electron chi connectivity index (χ0n) is 15.6. The zero-order chi connectivity index (χ0) is 20.2. The second-order valence-corrected chi connectivity index (χ2v) is 7.31. The largest absolute Gasteiger partial charge is 0.482 e. The summed E-state index contributed by atoms with van der Waals surface area (Å²) < 4.78 is 18.5. The van der Waals surface area contributed by atoms with Gasteiger partial charge >= 0.3 is 0 Å². The van der Waals surface area contributed by atoms with Crippen LogP contribution in [0, 0.1) is 5.82 Å². The van der Waals surface area contributed by atoms with Crippen molar-refractivity contribution in [1.82, 2.24) is 15.3 Å². The molecule has 1 N–H and O–H groups in total. The standard InChI is InChI=1S/C22H19ClFN3O2/c23-18-11-16(24)6-9-20(18)29-13-21(28)26-17-7-8-19-15(10-17)12-25-22(27-19)14-4-2-1-3-5-14/h1-6,9,11-12,17H,7-8,10,13H2,(H,26,28)/t17-/m1/s1. The van der Waals surface area contributed by atoms with Crippen molar-refractivity contribution < 1.29 is 13.9 Å². The third kappa shape index (κ3) is 4.71. The second kappa shape index (κ2) is 8.57. The quantitative estimate of drug-likeness (QED) is 0.689. The van der Waals surface area contributed by atoms with Crippen LogP contribution in [-0.4, -0.2) is 28.5 Å². The highest BCUT2D eigenvalue weighted by molar-refractivity contribution is 6.32. The van der Waals surface area contributed by atoms with E-state index in [0.29, 0.717) is 6.42 Å². The summed E-state index contributed by atoms with van der Waals surface area (Å²) in [5.74, 6) is 0.293. The van der Waals surface area contributed by atoms with Crippen LogP contribution in [0.15, 0.2) is 54.7 Å². The first-order valence-electron chi connectivity index (χ1n) is 9.36. The molecule has 0 radical (unpaired) electrons. The number of fused-ring (bicyclic) bond motifs is 1. The van der Waals surface area contributed by atoms with Crippen LogP contribution < -0.4 is 10.1 Å². The Morgan fingerprint density at radius 3 is 2.86 bits per heavy atom. The number of rotatable bonds is 5. The zero-order valence-corrected chi connectivity index (χ0v) is 16.3. The van der Waals surface area contributed by atoms with Crippen LogP contribution in [0.1, 0.15) is 17.7 Å². The van der Waals surface area contributed by atoms with Crippen LogP contribution >= 0.6 is 11.6 Å². The van der Waals surface area contributed by atoms with E-state index in [1.54, 1.807) is 0 Å². The van der Waals surface area contributed by atoms with Gasteiger partial charge in [-0.05, 0) is 43.0 Å². The van der Waals surface area contributed by atoms with Gasteiger partial charge in [0.05, 0.1) is 5.02 Å². The molecule has 1 atom stereocenters. The molecule has 0 unspecified atom stereocenters. The van der Waals surface area contributed by atoms with E-state index in [1.165, 1.54) is 12.1 Å². The van der Waals surface area contributed by atoms with Crippen molar-refractivity contribution in [2.75, 3.05) is 6.61 Å². The van der Waals surface area contributed by atoms with Crippen molar-refractivity contribution in [3.8, 4) is 17.1 Å². The van der Waals surface area contributed by atoms with Gasteiger partial charge in [-0.2, -0.15) is 0 Å². The summed E-state index contributed by atoms with van der Waals surface area (Å²) in [6.07, 6.45) is 4.08. The number of carbonyl (C=O) groups is 1. The molecule has 0 saturated carbocycles. The number of carbonyl (C=O) groups excluding carboxylic acids is 1. The summed E-state index contributed by atoms with van der Waals surface area (Å²) in [6.45, 7) is -0.182. The maximum atomic E-state index is 13.1. The average Bonchev–Trinajstić information content (AvgIpc) is 2.73. The number of aryl methyl sites for hydroxylation is 1. The van der Waals surface area contributed by atoms with Gasteiger partial charge in [0.25, 0.3) is 5.91 Å². The van der Waals surface area contributed by atoms with Gasteiger partial charge in [-0.3, -0.25) is 4.79 Å². The number of benzene rings is 2. The number of hydrogen-bond acceptors (Lipinski definition) is 4. The summed E-state index contributed by atoms with van der Waals surface area (Å²) in [5, 5.41) is 3.11. The lowest BCUT2D eigenvalue weighted by atomic mass is 9.92. The number of nitrogens with one attached hydrogen (secondary N) is 1. The van der Waals surface area contributed by atoms with Gasteiger partial charge in [0, 0.05) is 23.5 Å². The van der Waals surface area contributed by atoms with Gasteiger partial charge in [0.2, 0.25) is 0 Å². The Morgan fingerprint density at radius 1 is 1.24 bits per heavy atom. The van der Waals surface area contributed by atoms with Gasteiger partial charge in [0.1, 0.15) is 11.6 Å². The molecule has 0 bridgehead atoms. The van der Waals surface area contributed by atoms with Gasteiger partial charge in [0.15, 0.2) is 12.4 Å². The minimum absolute atomic E-state index is 0.00605. The number of halogens is 2. The molecule has 29 heavy (non-hydrogen) atoms. The molecule has 1 aliphatic rings. The number of hydrogen-bond donors (Lipinski definition) is 1. The topological polar surface area (TPSA) is 64.1 Å². The molecule has 148 valence electrons. The summed E-state index contributed by atoms with van der Waals surface area (Å²) in [6, 6.07) is 13.6. The molecule has 0 fully saturated rings. The average molecular weight is 412 g/mol. The first-order valence-corrected chi connectivity index (χ1v) is 9.74. The Balaban J connectivity index is 1.34. The Labute approximate surface area is 172 Å². The number of ether oxygens (including phenoxy) is 1. The maximum Gasteiger partial charge on any atom is 0.258 e. The minimum atomic E-state index is -0.453. The Morgan fingerprint density at radius 2 is 2.07 bits per heavy atom. The van der Waals surface area contributed by atoms with Crippen molar-refractivity contribution in [2.45, 2.75) is 25.3 Å². The summed E-state index contributed by atoms with van der Waals surface area (Å²) in [4.78, 5) is 21.4. The maximum absolute atomic E-state index is 13.1. The van der Waals surface area contributed by atoms with Gasteiger partial charge in [-0.1, -0.05) is 41.9 Å². The number of amides is 1. The molecule has 3 aromatic rings. The van der Waals surface area contributed by atoms with Crippen LogP contribution in [-0.2, 0) is 17.6 Å². The molecule has 1 aromatic heterocycles. The van der Waals surface area contributed by atoms with E-state index < -0.39 is 5.82 Å². The van der Waals surface area contributed by atoms with Gasteiger partial charge in [-0.25, -0.2) is 14.4 Å². The summed E-state index contributed by atoms with van der Waals surface area (Å²) >= 11 is 5.91. The van der Waals surface area contributed by atoms with Crippen molar-refractivity contribution in [2.24, 2.45) is 0 Å². The molecule has 0 spiro atoms. The van der Waals surface area contributed by atoms with E-state index in [2.05, 4.69) is 10.3 Å². The fourth-order valence-corrected chi connectivity index (χ4v) is 3.58. The summed E-state index contributed by atoms with van der Waals surface area (Å²) in [5.41, 5.74) is 3.06. The summed E-state index contributed by atoms with van der Waals surface area (Å²) in [7, 11) is 0. The molecule has 1 amide bonds. The molecule has 1 aliphatic carbocycles. The van der Waals surface area contributed by atoms with Gasteiger partial charge < -0.3 is 10.1 Å². The van der Waals surface area contributed by atoms with Crippen molar-refractivity contribution in [3.05, 3.63) is 76.8 Å². The van der Waals surface area contributed by atoms with Crippen molar-refractivity contribution in [3.63, 3.8) is 0 Å². The monoisotopic (exact) mass is 411 g/mol. The predicted molar refractivity (Wildman–Crippen MR) is 108 cm³/mol. The molecule has 0 saturated heterocycles. The van der Waals surface area contributed by atoms with Crippen LogP contribution in [0.5, 0.6) is 5.75 Å². The lowest BCUT2D eigenvalue weighted by Crippen LogP contribution is -2.41. The van der Waals surface area contributed by atoms with E-state index >= 15 is 0 Å². The van der Waals surface area contributed by atoms with Gasteiger partial charge in [-0.15, -0.1) is 0 Å². The first kappa shape index (κ1) is 19.3. The third-order valence-electron chi connectivity index (χ3n) is 4.80. The van der Waals surface area contributed by atoms with Crippen molar-refractivity contribution >= 4 is 17.5 Å². The minimum Gasteiger partial charge on any atom is -0.482 e. The first-order chi connectivity index (χ1) is 14.1. The van der Waals surface area contributed by atoms with E-state index in [-0.39, 0.29) is 29.3 Å². The van der Waals surface area contributed by atoms with E-state index in [9.17, 15) is 9.18 Å². The highest BCUT2D eigenvalue weighted by Gasteiger charge is 2.22. The number of aromatic nitrogens is 2. The Bertz CT molecular complexity index is 1030. The second-order valence-electron chi connectivity index (χ2n) is 6.90. The predicted octanol–water partition coefficient (Wildman–Crippen LogP) is 3.99. The molecule has 5 nitrogen and oxygen atoms in total. The lowest BCUT2D eigenvalue weighted by molar-refractivity contribution is -0.123. The fourth-order valence-electron chi connectivity index (χ4n) is 3.36. The SMILES string of the molecule is O=C(COc1ccc(F)cc1Cl)N[C@@H]1CCc2nc(-c3ccccc3)ncc2C1. The van der Waals surface area contributed by atoms with Crippen LogP contribution in [0.3, 0.4) is 0 Å². The molecular weight excluding hydrogens is 393 g/mol. The number of nitrogens with zero attached hydrogens (tertiary/aromatic N) is 2. The molecule has 7 heteroatoms. The highest BCUT2D eigenvalue weighted by atomic mass is 35.5. The van der Waals surface area contributed by atoms with Crippen molar-refractivity contribution in [1.29, 1.82) is 0 Å². The van der Waals surface area contributed by atoms with E-state index in [1.807, 2.05) is 36.5 Å². The fraction of sp³-hybridized carbons (Fsp3) is 0.227. The van der Waals surface area contributed by atoms with E-state index in [0.717, 1.165) is 41.6 Å². The Kier molecular flexibility index (Phi) is 5.71. The normalized spacial score (nSPS) is 15.4. The van der Waals surface area contributed by atoms with Crippen LogP contribution in [0.4, 0.5) is 4.39 Å². The molecule has 1 heterocycles. The Hall–Kier alpha value is -2.99. The highest BCUT2D eigenvalue weighted by Crippen LogP contribution is 2.25. The molecule has 4 rings (SSSR count). The third-order valence-corrected chi connectivity index (χ3v) is 5.10. The smallest absolute Gasteiger partial charge is 0.258 e. The molecule has 2 aromatic carbocycles. The van der Waals surface area contributed by atoms with Crippen LogP contribution in [0.25, 0.3) is 11.4 Å². The molecular formula is C22H19ClFN3O2. The lowest BCUT2D eigenvalue weighted by Gasteiger charge is -2.25. The van der Waals surface area contributed by atoms with Crippen LogP contribution in [0.2, 0.25) is 5.02 Å². The molecule has 0 aliphatic heterocycles.